The van der Waals surface area contributed by atoms with Crippen LogP contribution < -0.4 is 10.1 Å². The van der Waals surface area contributed by atoms with E-state index >= 15 is 0 Å². The molecular weight excluding hydrogens is 366 g/mol. The van der Waals surface area contributed by atoms with Gasteiger partial charge in [-0.25, -0.2) is 0 Å². The zero-order valence-electron chi connectivity index (χ0n) is 16.4. The van der Waals surface area contributed by atoms with Gasteiger partial charge < -0.3 is 10.1 Å². The third-order valence-corrected chi connectivity index (χ3v) is 5.69. The molecule has 3 aromatic carbocycles. The maximum absolute atomic E-state index is 12.9. The second-order valence-electron chi connectivity index (χ2n) is 6.61. The molecule has 1 unspecified atom stereocenters. The lowest BCUT2D eigenvalue weighted by Gasteiger charge is -2.20. The Kier molecular flexibility index (Phi) is 6.77. The Labute approximate surface area is 171 Å². The van der Waals surface area contributed by atoms with E-state index in [9.17, 15) is 4.79 Å². The van der Waals surface area contributed by atoms with E-state index in [0.717, 1.165) is 32.4 Å². The normalized spacial score (nSPS) is 11.7. The summed E-state index contributed by atoms with van der Waals surface area (Å²) >= 11 is 1.63. The molecule has 0 radical (unpaired) electrons. The van der Waals surface area contributed by atoms with E-state index in [0.29, 0.717) is 6.42 Å². The minimum Gasteiger partial charge on any atom is -0.480 e. The predicted octanol–water partition coefficient (Wildman–Crippen LogP) is 6.25. The van der Waals surface area contributed by atoms with Crippen molar-refractivity contribution < 1.29 is 9.53 Å². The number of ether oxygens (including phenoxy) is 1. The molecule has 0 fully saturated rings. The van der Waals surface area contributed by atoms with Crippen LogP contribution in [0.25, 0.3) is 0 Å². The van der Waals surface area contributed by atoms with Crippen LogP contribution in [0, 0.1) is 13.8 Å². The summed E-state index contributed by atoms with van der Waals surface area (Å²) in [5, 5.41) is 3.05. The van der Waals surface area contributed by atoms with Gasteiger partial charge in [-0.1, -0.05) is 61.2 Å². The Morgan fingerprint density at radius 1 is 0.964 bits per heavy atom. The Morgan fingerprint density at radius 3 is 2.43 bits per heavy atom. The molecule has 0 aromatic heterocycles. The lowest BCUT2D eigenvalue weighted by atomic mass is 10.1. The number of aryl methyl sites for hydroxylation is 1. The molecule has 1 N–H and O–H groups in total. The van der Waals surface area contributed by atoms with Crippen LogP contribution in [0.2, 0.25) is 0 Å². The molecule has 3 aromatic rings. The van der Waals surface area contributed by atoms with Crippen molar-refractivity contribution in [3.8, 4) is 5.75 Å². The number of carbonyl (C=O) groups is 1. The van der Waals surface area contributed by atoms with Crippen LogP contribution in [-0.4, -0.2) is 12.0 Å². The van der Waals surface area contributed by atoms with Crippen molar-refractivity contribution in [1.82, 2.24) is 0 Å². The summed E-state index contributed by atoms with van der Waals surface area (Å²) in [7, 11) is 0. The van der Waals surface area contributed by atoms with Gasteiger partial charge in [-0.15, -0.1) is 0 Å². The van der Waals surface area contributed by atoms with Gasteiger partial charge in [-0.2, -0.15) is 0 Å². The number of benzene rings is 3. The van der Waals surface area contributed by atoms with E-state index in [1.54, 1.807) is 11.8 Å². The first kappa shape index (κ1) is 20.0. The van der Waals surface area contributed by atoms with Gasteiger partial charge in [0.15, 0.2) is 6.10 Å². The van der Waals surface area contributed by atoms with Gasteiger partial charge in [0.25, 0.3) is 5.91 Å². The molecule has 0 heterocycles. The summed E-state index contributed by atoms with van der Waals surface area (Å²) in [5.74, 6) is 0.624. The van der Waals surface area contributed by atoms with Gasteiger partial charge in [0.05, 0.1) is 5.69 Å². The zero-order chi connectivity index (χ0) is 19.9. The Morgan fingerprint density at radius 2 is 1.68 bits per heavy atom. The topological polar surface area (TPSA) is 38.3 Å². The number of amides is 1. The summed E-state index contributed by atoms with van der Waals surface area (Å²) in [4.78, 5) is 15.0. The fraction of sp³-hybridized carbons (Fsp3) is 0.208. The third-order valence-electron chi connectivity index (χ3n) is 4.60. The first-order valence-corrected chi connectivity index (χ1v) is 10.3. The standard InChI is InChI=1S/C24H25NO2S/c1-4-21(27-22-15-10-11-17(2)18(22)3)24(26)25-20-14-8-9-16-23(20)28-19-12-6-5-7-13-19/h5-16,21H,4H2,1-3H3,(H,25,26). The molecule has 0 spiro atoms. The van der Waals surface area contributed by atoms with Crippen LogP contribution in [-0.2, 0) is 4.79 Å². The van der Waals surface area contributed by atoms with Crippen LogP contribution in [0.4, 0.5) is 5.69 Å². The first-order valence-electron chi connectivity index (χ1n) is 9.44. The van der Waals surface area contributed by atoms with Crippen LogP contribution in [0.15, 0.2) is 82.6 Å². The summed E-state index contributed by atoms with van der Waals surface area (Å²) in [6.45, 7) is 6.02. The molecule has 0 aliphatic carbocycles. The van der Waals surface area contributed by atoms with Crippen LogP contribution in [0.5, 0.6) is 5.75 Å². The van der Waals surface area contributed by atoms with Gasteiger partial charge in [-0.05, 0) is 61.7 Å². The van der Waals surface area contributed by atoms with Gasteiger partial charge >= 0.3 is 0 Å². The number of nitrogens with one attached hydrogen (secondary N) is 1. The fourth-order valence-electron chi connectivity index (χ4n) is 2.81. The van der Waals surface area contributed by atoms with E-state index in [1.165, 1.54) is 0 Å². The van der Waals surface area contributed by atoms with E-state index < -0.39 is 6.10 Å². The molecule has 144 valence electrons. The highest BCUT2D eigenvalue weighted by molar-refractivity contribution is 7.99. The molecule has 3 nitrogen and oxygen atoms in total. The van der Waals surface area contributed by atoms with Crippen molar-refractivity contribution >= 4 is 23.4 Å². The minimum atomic E-state index is -0.546. The lowest BCUT2D eigenvalue weighted by molar-refractivity contribution is -0.122. The first-order chi connectivity index (χ1) is 13.6. The Bertz CT molecular complexity index is 940. The SMILES string of the molecule is CCC(Oc1cccc(C)c1C)C(=O)Nc1ccccc1Sc1ccccc1. The molecule has 3 rings (SSSR count). The average molecular weight is 392 g/mol. The van der Waals surface area contributed by atoms with Gasteiger partial charge in [-0.3, -0.25) is 4.79 Å². The molecule has 1 atom stereocenters. The van der Waals surface area contributed by atoms with Crippen molar-refractivity contribution in [2.45, 2.75) is 43.1 Å². The molecule has 28 heavy (non-hydrogen) atoms. The molecule has 0 saturated carbocycles. The van der Waals surface area contributed by atoms with Crippen molar-refractivity contribution in [3.63, 3.8) is 0 Å². The quantitative estimate of drug-likeness (QED) is 0.517. The Hall–Kier alpha value is -2.72. The monoisotopic (exact) mass is 391 g/mol. The molecule has 0 aliphatic heterocycles. The predicted molar refractivity (Wildman–Crippen MR) is 116 cm³/mol. The lowest BCUT2D eigenvalue weighted by Crippen LogP contribution is -2.32. The molecule has 1 amide bonds. The van der Waals surface area contributed by atoms with Crippen LogP contribution in [0.3, 0.4) is 0 Å². The summed E-state index contributed by atoms with van der Waals surface area (Å²) in [6.07, 6.45) is 0.0445. The zero-order valence-corrected chi connectivity index (χ0v) is 17.3. The van der Waals surface area contributed by atoms with Crippen LogP contribution >= 0.6 is 11.8 Å². The number of para-hydroxylation sites is 1. The highest BCUT2D eigenvalue weighted by atomic mass is 32.2. The Balaban J connectivity index is 1.75. The summed E-state index contributed by atoms with van der Waals surface area (Å²) < 4.78 is 6.05. The molecule has 4 heteroatoms. The van der Waals surface area contributed by atoms with Crippen molar-refractivity contribution in [3.05, 3.63) is 83.9 Å². The van der Waals surface area contributed by atoms with Crippen molar-refractivity contribution in [2.75, 3.05) is 5.32 Å². The highest BCUT2D eigenvalue weighted by Gasteiger charge is 2.20. The van der Waals surface area contributed by atoms with Crippen LogP contribution in [0.1, 0.15) is 24.5 Å². The van der Waals surface area contributed by atoms with Gasteiger partial charge in [0.1, 0.15) is 5.75 Å². The number of rotatable bonds is 7. The van der Waals surface area contributed by atoms with E-state index in [-0.39, 0.29) is 5.91 Å². The number of hydrogen-bond donors (Lipinski definition) is 1. The largest absolute Gasteiger partial charge is 0.480 e. The van der Waals surface area contributed by atoms with Crippen molar-refractivity contribution in [1.29, 1.82) is 0 Å². The average Bonchev–Trinajstić information content (AvgIpc) is 2.71. The fourth-order valence-corrected chi connectivity index (χ4v) is 3.74. The van der Waals surface area contributed by atoms with Gasteiger partial charge in [0, 0.05) is 9.79 Å². The number of anilines is 1. The molecule has 0 aliphatic rings. The maximum Gasteiger partial charge on any atom is 0.265 e. The third kappa shape index (κ3) is 4.96. The highest BCUT2D eigenvalue weighted by Crippen LogP contribution is 2.33. The summed E-state index contributed by atoms with van der Waals surface area (Å²) in [6, 6.07) is 23.9. The van der Waals surface area contributed by atoms with E-state index in [1.807, 2.05) is 81.4 Å². The minimum absolute atomic E-state index is 0.135. The number of carbonyl (C=O) groups excluding carboxylic acids is 1. The second kappa shape index (κ2) is 9.47. The van der Waals surface area contributed by atoms with Crippen molar-refractivity contribution in [2.24, 2.45) is 0 Å². The molecule has 0 saturated heterocycles. The number of hydrogen-bond acceptors (Lipinski definition) is 3. The second-order valence-corrected chi connectivity index (χ2v) is 7.73. The maximum atomic E-state index is 12.9. The van der Waals surface area contributed by atoms with E-state index in [2.05, 4.69) is 17.4 Å². The molecular formula is C24H25NO2S. The smallest absolute Gasteiger partial charge is 0.265 e. The van der Waals surface area contributed by atoms with E-state index in [4.69, 9.17) is 4.74 Å². The summed E-state index contributed by atoms with van der Waals surface area (Å²) in [5.41, 5.74) is 3.01. The molecule has 0 bridgehead atoms. The van der Waals surface area contributed by atoms with Gasteiger partial charge in [0.2, 0.25) is 0 Å².